The fraction of sp³-hybridized carbons (Fsp3) is 0.571. The summed E-state index contributed by atoms with van der Waals surface area (Å²) in [6.45, 7) is 5.80. The molecule has 2 unspecified atom stereocenters. The largest absolute Gasteiger partial charge is 0.371 e. The van der Waals surface area contributed by atoms with E-state index in [4.69, 9.17) is 16.3 Å². The Balaban J connectivity index is 1.97. The highest BCUT2D eigenvalue weighted by Gasteiger charge is 2.24. The molecule has 2 rings (SSSR count). The van der Waals surface area contributed by atoms with Gasteiger partial charge in [-0.2, -0.15) is 0 Å². The first kappa shape index (κ1) is 13.8. The number of nitrogens with one attached hydrogen (secondary N) is 1. The van der Waals surface area contributed by atoms with Crippen LogP contribution in [0, 0.1) is 11.7 Å². The average Bonchev–Trinajstić information content (AvgIpc) is 2.30. The second-order valence-electron chi connectivity index (χ2n) is 5.22. The van der Waals surface area contributed by atoms with Crippen molar-refractivity contribution in [1.29, 1.82) is 0 Å². The quantitative estimate of drug-likeness (QED) is 0.908. The van der Waals surface area contributed by atoms with Gasteiger partial charge in [-0.1, -0.05) is 31.5 Å². The highest BCUT2D eigenvalue weighted by molar-refractivity contribution is 6.31. The zero-order valence-electron chi connectivity index (χ0n) is 10.7. The molecule has 1 fully saturated rings. The normalized spacial score (nSPS) is 24.5. The Kier molecular flexibility index (Phi) is 4.60. The number of rotatable bonds is 3. The van der Waals surface area contributed by atoms with Crippen molar-refractivity contribution in [3.8, 4) is 0 Å². The maximum atomic E-state index is 13.0. The van der Waals surface area contributed by atoms with Crippen molar-refractivity contribution in [2.24, 2.45) is 5.92 Å². The molecular weight excluding hydrogens is 253 g/mol. The molecular formula is C14H19ClFNO. The Hall–Kier alpha value is -0.640. The van der Waals surface area contributed by atoms with Crippen LogP contribution in [0.2, 0.25) is 5.02 Å². The summed E-state index contributed by atoms with van der Waals surface area (Å²) in [6, 6.07) is 4.86. The van der Waals surface area contributed by atoms with Gasteiger partial charge in [-0.05, 0) is 24.5 Å². The number of benzene rings is 1. The molecule has 0 radical (unpaired) electrons. The summed E-state index contributed by atoms with van der Waals surface area (Å²) >= 11 is 6.04. The lowest BCUT2D eigenvalue weighted by molar-refractivity contribution is -0.00128. The first-order chi connectivity index (χ1) is 8.56. The Morgan fingerprint density at radius 3 is 2.83 bits per heavy atom. The van der Waals surface area contributed by atoms with Crippen LogP contribution < -0.4 is 5.32 Å². The molecule has 2 atom stereocenters. The van der Waals surface area contributed by atoms with Crippen LogP contribution in [0.1, 0.15) is 31.9 Å². The molecule has 0 saturated carbocycles. The van der Waals surface area contributed by atoms with Gasteiger partial charge in [0, 0.05) is 23.2 Å². The maximum Gasteiger partial charge on any atom is 0.124 e. The van der Waals surface area contributed by atoms with Crippen LogP contribution in [0.3, 0.4) is 0 Å². The molecule has 0 spiro atoms. The number of ether oxygens (including phenoxy) is 1. The summed E-state index contributed by atoms with van der Waals surface area (Å²) in [5.74, 6) is 0.335. The molecule has 1 heterocycles. The summed E-state index contributed by atoms with van der Waals surface area (Å²) in [4.78, 5) is 0. The van der Waals surface area contributed by atoms with Crippen LogP contribution in [0.5, 0.6) is 0 Å². The summed E-state index contributed by atoms with van der Waals surface area (Å²) in [5, 5.41) is 3.90. The molecule has 1 aromatic carbocycles. The van der Waals surface area contributed by atoms with E-state index >= 15 is 0 Å². The summed E-state index contributed by atoms with van der Waals surface area (Å²) in [6.07, 6.45) is 1.02. The molecule has 1 N–H and O–H groups in total. The molecule has 0 aromatic heterocycles. The third-order valence-corrected chi connectivity index (χ3v) is 3.48. The van der Waals surface area contributed by atoms with E-state index in [2.05, 4.69) is 19.2 Å². The van der Waals surface area contributed by atoms with Crippen LogP contribution in [-0.4, -0.2) is 19.2 Å². The van der Waals surface area contributed by atoms with Crippen molar-refractivity contribution in [1.82, 2.24) is 5.32 Å². The fourth-order valence-corrected chi connectivity index (χ4v) is 2.60. The molecule has 100 valence electrons. The lowest BCUT2D eigenvalue weighted by atomic mass is 10.0. The molecule has 1 aromatic rings. The van der Waals surface area contributed by atoms with E-state index in [1.54, 1.807) is 6.07 Å². The zero-order valence-corrected chi connectivity index (χ0v) is 11.5. The zero-order chi connectivity index (χ0) is 13.1. The van der Waals surface area contributed by atoms with Gasteiger partial charge in [0.05, 0.1) is 12.7 Å². The Morgan fingerprint density at radius 2 is 2.28 bits per heavy atom. The van der Waals surface area contributed by atoms with Gasteiger partial charge in [0.15, 0.2) is 0 Å². The Labute approximate surface area is 112 Å². The highest BCUT2D eigenvalue weighted by Crippen LogP contribution is 2.28. The summed E-state index contributed by atoms with van der Waals surface area (Å²) < 4.78 is 18.8. The van der Waals surface area contributed by atoms with E-state index in [0.717, 1.165) is 18.5 Å². The lowest BCUT2D eigenvalue weighted by Crippen LogP contribution is -2.43. The third-order valence-electron chi connectivity index (χ3n) is 3.16. The predicted octanol–water partition coefficient (Wildman–Crippen LogP) is 3.55. The first-order valence-electron chi connectivity index (χ1n) is 6.36. The van der Waals surface area contributed by atoms with Gasteiger partial charge in [0.2, 0.25) is 0 Å². The Bertz CT molecular complexity index is 403. The van der Waals surface area contributed by atoms with Crippen molar-refractivity contribution in [2.75, 3.05) is 13.2 Å². The fourth-order valence-electron chi connectivity index (χ4n) is 2.31. The van der Waals surface area contributed by atoms with Gasteiger partial charge in [-0.3, -0.25) is 0 Å². The van der Waals surface area contributed by atoms with Crippen molar-refractivity contribution in [3.05, 3.63) is 34.6 Å². The molecule has 4 heteroatoms. The van der Waals surface area contributed by atoms with Gasteiger partial charge in [-0.25, -0.2) is 4.39 Å². The van der Waals surface area contributed by atoms with E-state index in [1.165, 1.54) is 12.1 Å². The highest BCUT2D eigenvalue weighted by atomic mass is 35.5. The average molecular weight is 272 g/mol. The monoisotopic (exact) mass is 271 g/mol. The third kappa shape index (κ3) is 3.44. The number of halogens is 2. The molecule has 1 aliphatic rings. The lowest BCUT2D eigenvalue weighted by Gasteiger charge is -2.31. The molecule has 1 aliphatic heterocycles. The number of hydrogen-bond donors (Lipinski definition) is 1. The van der Waals surface area contributed by atoms with Gasteiger partial charge in [0.25, 0.3) is 0 Å². The van der Waals surface area contributed by atoms with Crippen LogP contribution in [0.15, 0.2) is 18.2 Å². The van der Waals surface area contributed by atoms with Gasteiger partial charge in [-0.15, -0.1) is 0 Å². The molecule has 18 heavy (non-hydrogen) atoms. The smallest absolute Gasteiger partial charge is 0.124 e. The topological polar surface area (TPSA) is 21.3 Å². The van der Waals surface area contributed by atoms with E-state index in [1.807, 2.05) is 0 Å². The van der Waals surface area contributed by atoms with Crippen LogP contribution in [0.4, 0.5) is 4.39 Å². The van der Waals surface area contributed by atoms with Gasteiger partial charge in [0.1, 0.15) is 5.82 Å². The molecule has 0 bridgehead atoms. The Morgan fingerprint density at radius 1 is 1.50 bits per heavy atom. The second kappa shape index (κ2) is 6.00. The molecule has 0 amide bonds. The van der Waals surface area contributed by atoms with Gasteiger partial charge >= 0.3 is 0 Å². The standard InChI is InChI=1S/C14H19ClFNO/c1-9(2)5-11-8-18-14(7-17-11)12-4-3-10(16)6-13(12)15/h3-4,6,9,11,14,17H,5,7-8H2,1-2H3. The van der Waals surface area contributed by atoms with Crippen LogP contribution in [-0.2, 0) is 4.74 Å². The predicted molar refractivity (Wildman–Crippen MR) is 71.3 cm³/mol. The van der Waals surface area contributed by atoms with Crippen molar-refractivity contribution in [2.45, 2.75) is 32.4 Å². The minimum Gasteiger partial charge on any atom is -0.371 e. The number of hydrogen-bond acceptors (Lipinski definition) is 2. The van der Waals surface area contributed by atoms with Gasteiger partial charge < -0.3 is 10.1 Å². The SMILES string of the molecule is CC(C)CC1COC(c2ccc(F)cc2Cl)CN1. The van der Waals surface area contributed by atoms with E-state index in [-0.39, 0.29) is 11.9 Å². The molecule has 2 nitrogen and oxygen atoms in total. The minimum atomic E-state index is -0.315. The number of morpholine rings is 1. The summed E-state index contributed by atoms with van der Waals surface area (Å²) in [7, 11) is 0. The van der Waals surface area contributed by atoms with Crippen LogP contribution in [0.25, 0.3) is 0 Å². The first-order valence-corrected chi connectivity index (χ1v) is 6.74. The van der Waals surface area contributed by atoms with Crippen molar-refractivity contribution in [3.63, 3.8) is 0 Å². The molecule has 0 aliphatic carbocycles. The molecule has 1 saturated heterocycles. The van der Waals surface area contributed by atoms with E-state index in [0.29, 0.717) is 23.6 Å². The summed E-state index contributed by atoms with van der Waals surface area (Å²) in [5.41, 5.74) is 0.855. The van der Waals surface area contributed by atoms with Crippen molar-refractivity contribution >= 4 is 11.6 Å². The van der Waals surface area contributed by atoms with Crippen molar-refractivity contribution < 1.29 is 9.13 Å². The minimum absolute atomic E-state index is 0.0819. The van der Waals surface area contributed by atoms with Crippen LogP contribution >= 0.6 is 11.6 Å². The maximum absolute atomic E-state index is 13.0. The van der Waals surface area contributed by atoms with E-state index in [9.17, 15) is 4.39 Å². The second-order valence-corrected chi connectivity index (χ2v) is 5.63. The van der Waals surface area contributed by atoms with E-state index < -0.39 is 0 Å².